The monoisotopic (exact) mass is 609 g/mol. The molecule has 3 saturated heterocycles. The van der Waals surface area contributed by atoms with Crippen molar-refractivity contribution in [1.82, 2.24) is 34.8 Å². The van der Waals surface area contributed by atoms with Gasteiger partial charge in [0.2, 0.25) is 0 Å². The van der Waals surface area contributed by atoms with E-state index in [0.29, 0.717) is 26.2 Å². The Morgan fingerprint density at radius 3 is 2.27 bits per heavy atom. The molecule has 0 radical (unpaired) electrons. The molecule has 2 bridgehead atoms. The molecule has 3 fully saturated rings. The zero-order valence-corrected chi connectivity index (χ0v) is 26.6. The number of nitrogens with zero attached hydrogens (tertiary/aromatic N) is 5. The lowest BCUT2D eigenvalue weighted by Crippen LogP contribution is -2.56. The molecule has 4 amide bonds. The summed E-state index contributed by atoms with van der Waals surface area (Å²) in [4.78, 5) is 59.7. The molecule has 1 unspecified atom stereocenters. The van der Waals surface area contributed by atoms with Gasteiger partial charge in [-0.15, -0.1) is 0 Å². The number of para-hydroxylation sites is 1. The number of amides is 4. The van der Waals surface area contributed by atoms with E-state index in [4.69, 9.17) is 4.74 Å². The van der Waals surface area contributed by atoms with Crippen molar-refractivity contribution < 1.29 is 19.1 Å². The van der Waals surface area contributed by atoms with Crippen LogP contribution in [0, 0.1) is 0 Å². The van der Waals surface area contributed by atoms with Gasteiger partial charge >= 0.3 is 12.1 Å². The fraction of sp³-hybridized carbons (Fsp3) is 0.625. The summed E-state index contributed by atoms with van der Waals surface area (Å²) in [6.45, 7) is 7.84. The number of ether oxygens (including phenoxy) is 1. The molecule has 0 saturated carbocycles. The van der Waals surface area contributed by atoms with E-state index in [1.54, 1.807) is 36.7 Å². The predicted molar refractivity (Wildman–Crippen MR) is 169 cm³/mol. The average molecular weight is 610 g/mol. The fourth-order valence-corrected chi connectivity index (χ4v) is 7.18. The minimum absolute atomic E-state index is 0.0144. The average Bonchev–Trinajstić information content (AvgIpc) is 3.22. The molecular formula is C32H47N7O5. The first-order valence-electron chi connectivity index (χ1n) is 15.8. The van der Waals surface area contributed by atoms with Gasteiger partial charge in [-0.3, -0.25) is 19.4 Å². The second kappa shape index (κ2) is 13.6. The number of carbonyl (C=O) groups is 3. The van der Waals surface area contributed by atoms with Crippen molar-refractivity contribution in [3.05, 3.63) is 46.2 Å². The topological polar surface area (TPSA) is 119 Å². The number of piperazine rings is 1. The molecule has 1 aromatic carbocycles. The third-order valence-electron chi connectivity index (χ3n) is 9.31. The van der Waals surface area contributed by atoms with Crippen molar-refractivity contribution in [1.29, 1.82) is 0 Å². The largest absolute Gasteiger partial charge is 0.444 e. The van der Waals surface area contributed by atoms with Crippen LogP contribution < -0.4 is 16.2 Å². The van der Waals surface area contributed by atoms with Crippen molar-refractivity contribution in [2.45, 2.75) is 69.8 Å². The Hall–Kier alpha value is -3.64. The third-order valence-corrected chi connectivity index (χ3v) is 9.31. The van der Waals surface area contributed by atoms with Gasteiger partial charge in [-0.1, -0.05) is 18.2 Å². The van der Waals surface area contributed by atoms with Gasteiger partial charge in [-0.25, -0.2) is 9.59 Å². The van der Waals surface area contributed by atoms with Gasteiger partial charge in [0.1, 0.15) is 11.7 Å². The molecule has 4 heterocycles. The van der Waals surface area contributed by atoms with Crippen LogP contribution >= 0.6 is 0 Å². The Morgan fingerprint density at radius 2 is 1.66 bits per heavy atom. The Labute approximate surface area is 259 Å². The molecule has 1 aromatic heterocycles. The van der Waals surface area contributed by atoms with E-state index in [1.165, 1.54) is 0 Å². The lowest BCUT2D eigenvalue weighted by atomic mass is 9.96. The maximum atomic E-state index is 13.5. The summed E-state index contributed by atoms with van der Waals surface area (Å²) >= 11 is 0. The first-order valence-corrected chi connectivity index (χ1v) is 15.8. The van der Waals surface area contributed by atoms with E-state index in [-0.39, 0.29) is 53.3 Å². The molecule has 240 valence electrons. The number of benzene rings is 1. The quantitative estimate of drug-likeness (QED) is 0.472. The SMILES string of the molecule is CNC(=O)OC(CN1CCN(C(=O)N(C)C)CC1)CN1[C@@H]2CC[C@H]1C[C@@H](NC(=O)c1cc3ccccc3n(C(C)C)c1=O)C2. The van der Waals surface area contributed by atoms with Gasteiger partial charge in [-0.05, 0) is 57.0 Å². The summed E-state index contributed by atoms with van der Waals surface area (Å²) in [6.07, 6.45) is 2.83. The zero-order valence-electron chi connectivity index (χ0n) is 26.6. The second-order valence-electron chi connectivity index (χ2n) is 12.9. The first kappa shape index (κ1) is 31.8. The molecule has 2 N–H and O–H groups in total. The molecule has 5 rings (SSSR count). The summed E-state index contributed by atoms with van der Waals surface area (Å²) in [7, 11) is 5.09. The number of hydrogen-bond donors (Lipinski definition) is 2. The van der Waals surface area contributed by atoms with Crippen LogP contribution in [0.4, 0.5) is 9.59 Å². The highest BCUT2D eigenvalue weighted by atomic mass is 16.6. The highest BCUT2D eigenvalue weighted by Gasteiger charge is 2.42. The number of pyridine rings is 1. The number of hydrogen-bond acceptors (Lipinski definition) is 7. The summed E-state index contributed by atoms with van der Waals surface area (Å²) in [6, 6.07) is 9.81. The highest BCUT2D eigenvalue weighted by Crippen LogP contribution is 2.36. The van der Waals surface area contributed by atoms with E-state index in [0.717, 1.165) is 49.7 Å². The van der Waals surface area contributed by atoms with E-state index in [2.05, 4.69) is 20.4 Å². The van der Waals surface area contributed by atoms with Crippen LogP contribution in [-0.2, 0) is 4.74 Å². The molecule has 12 heteroatoms. The maximum absolute atomic E-state index is 13.5. The molecule has 3 aliphatic heterocycles. The number of aromatic nitrogens is 1. The Kier molecular flexibility index (Phi) is 9.79. The lowest BCUT2D eigenvalue weighted by molar-refractivity contribution is 0.0119. The predicted octanol–water partition coefficient (Wildman–Crippen LogP) is 2.33. The van der Waals surface area contributed by atoms with Crippen LogP contribution in [0.25, 0.3) is 10.9 Å². The van der Waals surface area contributed by atoms with E-state index in [1.807, 2.05) is 43.0 Å². The molecule has 4 atom stereocenters. The summed E-state index contributed by atoms with van der Waals surface area (Å²) in [5.74, 6) is -0.319. The molecule has 0 spiro atoms. The van der Waals surface area contributed by atoms with Gasteiger partial charge in [0.25, 0.3) is 11.5 Å². The van der Waals surface area contributed by atoms with E-state index < -0.39 is 6.09 Å². The molecule has 12 nitrogen and oxygen atoms in total. The van der Waals surface area contributed by atoms with Gasteiger partial charge in [0.05, 0.1) is 5.52 Å². The number of rotatable bonds is 8. The van der Waals surface area contributed by atoms with Crippen molar-refractivity contribution in [3.8, 4) is 0 Å². The fourth-order valence-electron chi connectivity index (χ4n) is 7.18. The molecular weight excluding hydrogens is 562 g/mol. The summed E-state index contributed by atoms with van der Waals surface area (Å²) < 4.78 is 7.54. The van der Waals surface area contributed by atoms with Crippen LogP contribution in [0.2, 0.25) is 0 Å². The number of piperidine rings is 1. The van der Waals surface area contributed by atoms with Gasteiger partial charge in [0, 0.05) is 84.6 Å². The lowest BCUT2D eigenvalue weighted by Gasteiger charge is -2.42. The third kappa shape index (κ3) is 6.86. The van der Waals surface area contributed by atoms with Gasteiger partial charge in [-0.2, -0.15) is 0 Å². The highest BCUT2D eigenvalue weighted by molar-refractivity contribution is 5.97. The van der Waals surface area contributed by atoms with Crippen LogP contribution in [0.5, 0.6) is 0 Å². The second-order valence-corrected chi connectivity index (χ2v) is 12.9. The van der Waals surface area contributed by atoms with E-state index >= 15 is 0 Å². The zero-order chi connectivity index (χ0) is 31.5. The van der Waals surface area contributed by atoms with Crippen molar-refractivity contribution in [2.75, 3.05) is 60.4 Å². The standard InChI is InChI=1S/C32H47N7O5/c1-21(2)39-28-9-7-6-8-22(28)16-27(30(39)41)29(40)34-23-17-24-10-11-25(18-23)38(24)20-26(44-31(42)33-3)19-36-12-14-37(15-13-36)32(43)35(4)5/h6-9,16,21,23-26H,10-15,17-20H2,1-5H3,(H,33,42)(H,34,40)/t23-,24+,25-,26?. The molecule has 0 aliphatic carbocycles. The Balaban J connectivity index is 1.22. The van der Waals surface area contributed by atoms with Crippen LogP contribution in [0.1, 0.15) is 55.9 Å². The van der Waals surface area contributed by atoms with Gasteiger partial charge in [0.15, 0.2) is 0 Å². The van der Waals surface area contributed by atoms with E-state index in [9.17, 15) is 19.2 Å². The Bertz CT molecular complexity index is 1400. The number of fused-ring (bicyclic) bond motifs is 3. The summed E-state index contributed by atoms with van der Waals surface area (Å²) in [5.41, 5.74) is 0.740. The molecule has 44 heavy (non-hydrogen) atoms. The van der Waals surface area contributed by atoms with Gasteiger partial charge < -0.3 is 29.7 Å². The molecule has 2 aromatic rings. The van der Waals surface area contributed by atoms with Crippen LogP contribution in [0.3, 0.4) is 0 Å². The normalized spacial score (nSPS) is 23.0. The van der Waals surface area contributed by atoms with Crippen LogP contribution in [0.15, 0.2) is 35.1 Å². The van der Waals surface area contributed by atoms with Crippen LogP contribution in [-0.4, -0.2) is 127 Å². The van der Waals surface area contributed by atoms with Crippen molar-refractivity contribution in [2.24, 2.45) is 0 Å². The number of urea groups is 1. The smallest absolute Gasteiger partial charge is 0.407 e. The molecule has 3 aliphatic rings. The Morgan fingerprint density at radius 1 is 1.00 bits per heavy atom. The minimum atomic E-state index is -0.451. The van der Waals surface area contributed by atoms with Crippen molar-refractivity contribution >= 4 is 28.9 Å². The number of alkyl carbamates (subject to hydrolysis) is 1. The maximum Gasteiger partial charge on any atom is 0.407 e. The number of nitrogens with one attached hydrogen (secondary N) is 2. The first-order chi connectivity index (χ1) is 21.0. The van der Waals surface area contributed by atoms with Crippen molar-refractivity contribution in [3.63, 3.8) is 0 Å². The number of carbonyl (C=O) groups excluding carboxylic acids is 3. The summed E-state index contributed by atoms with van der Waals surface area (Å²) in [5, 5.41) is 6.64. The minimum Gasteiger partial charge on any atom is -0.444 e.